The Kier molecular flexibility index (Phi) is 5.22. The van der Waals surface area contributed by atoms with E-state index in [2.05, 4.69) is 10.6 Å². The Morgan fingerprint density at radius 1 is 1.12 bits per heavy atom. The van der Waals surface area contributed by atoms with E-state index in [0.29, 0.717) is 25.2 Å². The van der Waals surface area contributed by atoms with Gasteiger partial charge in [0, 0.05) is 25.6 Å². The van der Waals surface area contributed by atoms with Gasteiger partial charge in [0.05, 0.1) is 6.54 Å². The second-order valence-electron chi connectivity index (χ2n) is 3.45. The standard InChI is InChI=1S/C12H16N2O2/c1-10(15)14-8-7-13-9-12(16)11-5-3-2-4-6-11/h2-6,13H,7-9H2,1H3,(H,14,15). The van der Waals surface area contributed by atoms with Gasteiger partial charge in [0.1, 0.15) is 0 Å². The molecule has 0 aliphatic rings. The van der Waals surface area contributed by atoms with Gasteiger partial charge < -0.3 is 10.6 Å². The third kappa shape index (κ3) is 4.70. The smallest absolute Gasteiger partial charge is 0.216 e. The van der Waals surface area contributed by atoms with Crippen LogP contribution in [0.15, 0.2) is 30.3 Å². The summed E-state index contributed by atoms with van der Waals surface area (Å²) in [6.07, 6.45) is 0. The van der Waals surface area contributed by atoms with Gasteiger partial charge in [-0.25, -0.2) is 0 Å². The minimum atomic E-state index is -0.0591. The highest BCUT2D eigenvalue weighted by atomic mass is 16.1. The summed E-state index contributed by atoms with van der Waals surface area (Å²) in [6.45, 7) is 2.90. The summed E-state index contributed by atoms with van der Waals surface area (Å²) in [5, 5.41) is 5.62. The lowest BCUT2D eigenvalue weighted by Crippen LogP contribution is -2.32. The Hall–Kier alpha value is -1.68. The van der Waals surface area contributed by atoms with Gasteiger partial charge in [0.25, 0.3) is 0 Å². The van der Waals surface area contributed by atoms with E-state index in [1.54, 1.807) is 12.1 Å². The van der Waals surface area contributed by atoms with E-state index in [9.17, 15) is 9.59 Å². The zero-order valence-corrected chi connectivity index (χ0v) is 9.32. The first-order chi connectivity index (χ1) is 7.70. The van der Waals surface area contributed by atoms with Crippen LogP contribution < -0.4 is 10.6 Å². The molecule has 0 radical (unpaired) electrons. The normalized spacial score (nSPS) is 9.81. The molecule has 0 aromatic heterocycles. The Morgan fingerprint density at radius 3 is 2.44 bits per heavy atom. The van der Waals surface area contributed by atoms with Crippen LogP contribution >= 0.6 is 0 Å². The molecule has 0 saturated heterocycles. The first-order valence-corrected chi connectivity index (χ1v) is 5.23. The van der Waals surface area contributed by atoms with Crippen LogP contribution in [0.5, 0.6) is 0 Å². The Labute approximate surface area is 95.0 Å². The first-order valence-electron chi connectivity index (χ1n) is 5.23. The van der Waals surface area contributed by atoms with Crippen LogP contribution in [0.3, 0.4) is 0 Å². The van der Waals surface area contributed by atoms with Gasteiger partial charge in [0.2, 0.25) is 5.91 Å². The molecular formula is C12H16N2O2. The molecule has 1 amide bonds. The van der Waals surface area contributed by atoms with Crippen molar-refractivity contribution >= 4 is 11.7 Å². The Balaban J connectivity index is 2.19. The molecule has 0 spiro atoms. The van der Waals surface area contributed by atoms with Crippen LogP contribution in [0.1, 0.15) is 17.3 Å². The maximum absolute atomic E-state index is 11.6. The quantitative estimate of drug-likeness (QED) is 0.545. The molecule has 0 fully saturated rings. The number of rotatable bonds is 6. The number of hydrogen-bond acceptors (Lipinski definition) is 3. The van der Waals surface area contributed by atoms with E-state index in [0.717, 1.165) is 0 Å². The van der Waals surface area contributed by atoms with E-state index in [1.807, 2.05) is 18.2 Å². The fraction of sp³-hybridized carbons (Fsp3) is 0.333. The van der Waals surface area contributed by atoms with E-state index < -0.39 is 0 Å². The maximum atomic E-state index is 11.6. The lowest BCUT2D eigenvalue weighted by molar-refractivity contribution is -0.118. The van der Waals surface area contributed by atoms with Gasteiger partial charge in [-0.2, -0.15) is 0 Å². The second-order valence-corrected chi connectivity index (χ2v) is 3.45. The number of amides is 1. The van der Waals surface area contributed by atoms with E-state index in [4.69, 9.17) is 0 Å². The molecule has 1 aromatic rings. The maximum Gasteiger partial charge on any atom is 0.216 e. The van der Waals surface area contributed by atoms with Crippen LogP contribution in [-0.4, -0.2) is 31.3 Å². The predicted octanol–water partition coefficient (Wildman–Crippen LogP) is 0.595. The van der Waals surface area contributed by atoms with Gasteiger partial charge in [0.15, 0.2) is 5.78 Å². The average Bonchev–Trinajstić information content (AvgIpc) is 2.29. The molecule has 0 atom stereocenters. The van der Waals surface area contributed by atoms with Gasteiger partial charge >= 0.3 is 0 Å². The number of ketones is 1. The highest BCUT2D eigenvalue weighted by molar-refractivity contribution is 5.97. The van der Waals surface area contributed by atoms with Crippen molar-refractivity contribution in [3.63, 3.8) is 0 Å². The topological polar surface area (TPSA) is 58.2 Å². The Bertz CT molecular complexity index is 349. The number of carbonyl (C=O) groups is 2. The van der Waals surface area contributed by atoms with Crippen LogP contribution in [-0.2, 0) is 4.79 Å². The zero-order chi connectivity index (χ0) is 11.8. The van der Waals surface area contributed by atoms with Gasteiger partial charge in [-0.05, 0) is 0 Å². The molecule has 2 N–H and O–H groups in total. The summed E-state index contributed by atoms with van der Waals surface area (Å²) in [7, 11) is 0. The molecule has 0 aliphatic heterocycles. The summed E-state index contributed by atoms with van der Waals surface area (Å²) in [4.78, 5) is 22.1. The van der Waals surface area contributed by atoms with Crippen LogP contribution in [0.2, 0.25) is 0 Å². The molecule has 86 valence electrons. The molecule has 0 heterocycles. The van der Waals surface area contributed by atoms with Crippen molar-refractivity contribution in [2.45, 2.75) is 6.92 Å². The number of nitrogens with one attached hydrogen (secondary N) is 2. The highest BCUT2D eigenvalue weighted by Crippen LogP contribution is 1.98. The summed E-state index contributed by atoms with van der Waals surface area (Å²) in [5.74, 6) is -0.000360. The van der Waals surface area contributed by atoms with Crippen molar-refractivity contribution in [1.29, 1.82) is 0 Å². The SMILES string of the molecule is CC(=O)NCCNCC(=O)c1ccccc1. The summed E-state index contributed by atoms with van der Waals surface area (Å²) >= 11 is 0. The fourth-order valence-corrected chi connectivity index (χ4v) is 1.25. The monoisotopic (exact) mass is 220 g/mol. The Morgan fingerprint density at radius 2 is 1.81 bits per heavy atom. The largest absolute Gasteiger partial charge is 0.355 e. The molecule has 0 aliphatic carbocycles. The van der Waals surface area contributed by atoms with Gasteiger partial charge in [-0.15, -0.1) is 0 Å². The molecule has 16 heavy (non-hydrogen) atoms. The van der Waals surface area contributed by atoms with Crippen LogP contribution in [0.25, 0.3) is 0 Å². The van der Waals surface area contributed by atoms with Crippen molar-refractivity contribution in [2.75, 3.05) is 19.6 Å². The van der Waals surface area contributed by atoms with Crippen molar-refractivity contribution in [1.82, 2.24) is 10.6 Å². The average molecular weight is 220 g/mol. The van der Waals surface area contributed by atoms with Gasteiger partial charge in [-0.1, -0.05) is 30.3 Å². The lowest BCUT2D eigenvalue weighted by atomic mass is 10.1. The molecule has 1 aromatic carbocycles. The number of carbonyl (C=O) groups excluding carboxylic acids is 2. The van der Waals surface area contributed by atoms with Crippen molar-refractivity contribution < 1.29 is 9.59 Å². The fourth-order valence-electron chi connectivity index (χ4n) is 1.25. The zero-order valence-electron chi connectivity index (χ0n) is 9.32. The van der Waals surface area contributed by atoms with Gasteiger partial charge in [-0.3, -0.25) is 9.59 Å². The molecule has 0 bridgehead atoms. The minimum absolute atomic E-state index is 0.0587. The van der Waals surface area contributed by atoms with E-state index in [-0.39, 0.29) is 11.7 Å². The highest BCUT2D eigenvalue weighted by Gasteiger charge is 2.03. The molecule has 0 unspecified atom stereocenters. The van der Waals surface area contributed by atoms with Crippen LogP contribution in [0.4, 0.5) is 0 Å². The van der Waals surface area contributed by atoms with Crippen LogP contribution in [0, 0.1) is 0 Å². The molecule has 4 heteroatoms. The number of Topliss-reactive ketones (excluding diaryl/α,β-unsaturated/α-hetero) is 1. The summed E-state index contributed by atoms with van der Waals surface area (Å²) < 4.78 is 0. The van der Waals surface area contributed by atoms with Crippen molar-refractivity contribution in [2.24, 2.45) is 0 Å². The van der Waals surface area contributed by atoms with E-state index >= 15 is 0 Å². The third-order valence-corrected chi connectivity index (χ3v) is 2.06. The first kappa shape index (κ1) is 12.4. The summed E-state index contributed by atoms with van der Waals surface area (Å²) in [6, 6.07) is 9.13. The third-order valence-electron chi connectivity index (χ3n) is 2.06. The number of benzene rings is 1. The molecule has 4 nitrogen and oxygen atoms in total. The molecule has 1 rings (SSSR count). The predicted molar refractivity (Wildman–Crippen MR) is 62.3 cm³/mol. The minimum Gasteiger partial charge on any atom is -0.355 e. The summed E-state index contributed by atoms with van der Waals surface area (Å²) in [5.41, 5.74) is 0.703. The van der Waals surface area contributed by atoms with Crippen molar-refractivity contribution in [3.8, 4) is 0 Å². The van der Waals surface area contributed by atoms with Crippen molar-refractivity contribution in [3.05, 3.63) is 35.9 Å². The van der Waals surface area contributed by atoms with E-state index in [1.165, 1.54) is 6.92 Å². The number of hydrogen-bond donors (Lipinski definition) is 2. The second kappa shape index (κ2) is 6.74. The molecular weight excluding hydrogens is 204 g/mol. The lowest BCUT2D eigenvalue weighted by Gasteiger charge is -2.04. The molecule has 0 saturated carbocycles.